The van der Waals surface area contributed by atoms with Gasteiger partial charge in [-0.15, -0.1) is 6.61 Å². The minimum atomic E-state index is 0. The molecule has 0 spiro atoms. The summed E-state index contributed by atoms with van der Waals surface area (Å²) in [5.74, 6) is 0.669. The van der Waals surface area contributed by atoms with Gasteiger partial charge in [0.25, 0.3) is 0 Å². The van der Waals surface area contributed by atoms with E-state index in [1.165, 1.54) is 0 Å². The SMILES string of the molecule is [Br-].[Br-].[CH2-]C(CC)C(CC)C[O-].[Mg+2].[Mg+2]. The Labute approximate surface area is 136 Å². The van der Waals surface area contributed by atoms with Crippen LogP contribution in [0.2, 0.25) is 0 Å². The standard InChI is InChI=1S/C8H16O.2BrH.2Mg/c1-4-7(3)8(5-2)6-9;;;;/h7-8H,3-6H2,1-2H3;2*1H;;/q-2;;;2*+2/p-2. The van der Waals surface area contributed by atoms with Crippen molar-refractivity contribution in [2.24, 2.45) is 11.8 Å². The van der Waals surface area contributed by atoms with Crippen molar-refractivity contribution >= 4 is 46.1 Å². The van der Waals surface area contributed by atoms with Crippen molar-refractivity contribution in [2.45, 2.75) is 26.7 Å². The second-order valence-corrected chi connectivity index (χ2v) is 2.50. The zero-order valence-corrected chi connectivity index (χ0v) is 14.6. The average molecular weight is 337 g/mol. The van der Waals surface area contributed by atoms with Gasteiger partial charge in [-0.25, -0.2) is 0 Å². The van der Waals surface area contributed by atoms with E-state index in [0.29, 0.717) is 11.8 Å². The molecule has 72 valence electrons. The van der Waals surface area contributed by atoms with Crippen LogP contribution >= 0.6 is 0 Å². The van der Waals surface area contributed by atoms with E-state index < -0.39 is 0 Å². The second-order valence-electron chi connectivity index (χ2n) is 2.50. The molecule has 0 aliphatic rings. The molecule has 1 nitrogen and oxygen atoms in total. The molecule has 0 radical (unpaired) electrons. The Balaban J connectivity index is -0.0000000533. The molecule has 0 aliphatic heterocycles. The van der Waals surface area contributed by atoms with E-state index in [0.717, 1.165) is 12.8 Å². The maximum atomic E-state index is 10.4. The zero-order chi connectivity index (χ0) is 7.28. The fourth-order valence-corrected chi connectivity index (χ4v) is 0.921. The Morgan fingerprint density at radius 1 is 1.08 bits per heavy atom. The van der Waals surface area contributed by atoms with Crippen molar-refractivity contribution in [3.8, 4) is 0 Å². The molecule has 2 unspecified atom stereocenters. The van der Waals surface area contributed by atoms with E-state index in [1.807, 2.05) is 0 Å². The van der Waals surface area contributed by atoms with Gasteiger partial charge in [-0.05, 0) is 0 Å². The molecule has 13 heavy (non-hydrogen) atoms. The topological polar surface area (TPSA) is 23.1 Å². The predicted octanol–water partition coefficient (Wildman–Crippen LogP) is -5.52. The van der Waals surface area contributed by atoms with Crippen molar-refractivity contribution in [3.63, 3.8) is 0 Å². The Hall–Kier alpha value is 2.45. The molecule has 0 N–H and O–H groups in total. The van der Waals surface area contributed by atoms with E-state index in [-0.39, 0.29) is 86.7 Å². The van der Waals surface area contributed by atoms with Gasteiger partial charge in [-0.1, -0.05) is 32.6 Å². The summed E-state index contributed by atoms with van der Waals surface area (Å²) in [4.78, 5) is 0. The Kier molecular flexibility index (Phi) is 45.3. The smallest absolute Gasteiger partial charge is 1.00 e. The summed E-state index contributed by atoms with van der Waals surface area (Å²) >= 11 is 0. The summed E-state index contributed by atoms with van der Waals surface area (Å²) in [5, 5.41) is 10.4. The molecule has 0 saturated carbocycles. The fraction of sp³-hybridized carbons (Fsp3) is 0.875. The summed E-state index contributed by atoms with van der Waals surface area (Å²) in [5.41, 5.74) is 0. The van der Waals surface area contributed by atoms with E-state index in [1.54, 1.807) is 0 Å². The third-order valence-corrected chi connectivity index (χ3v) is 1.93. The average Bonchev–Trinajstić information content (AvgIpc) is 1.90. The number of hydrogen-bond acceptors (Lipinski definition) is 1. The molecule has 0 heterocycles. The fourth-order valence-electron chi connectivity index (χ4n) is 0.921. The molecule has 0 aromatic rings. The predicted molar refractivity (Wildman–Crippen MR) is 49.3 cm³/mol. The molecule has 0 bridgehead atoms. The van der Waals surface area contributed by atoms with Crippen LogP contribution in [0, 0.1) is 18.8 Å². The second kappa shape index (κ2) is 19.9. The molecule has 0 rings (SSSR count). The largest absolute Gasteiger partial charge is 2.00 e. The molecule has 0 amide bonds. The van der Waals surface area contributed by atoms with Crippen LogP contribution in [0.4, 0.5) is 0 Å². The Bertz CT molecular complexity index is 73.2. The van der Waals surface area contributed by atoms with E-state index in [9.17, 15) is 5.11 Å². The molecular weight excluding hydrogens is 321 g/mol. The Morgan fingerprint density at radius 3 is 1.54 bits per heavy atom. The zero-order valence-electron chi connectivity index (χ0n) is 8.56. The molecule has 0 aromatic heterocycles. The minimum absolute atomic E-state index is 0. The maximum absolute atomic E-state index is 10.4. The summed E-state index contributed by atoms with van der Waals surface area (Å²) in [6.07, 6.45) is 2.01. The van der Waals surface area contributed by atoms with Gasteiger partial charge in [0.05, 0.1) is 0 Å². The first-order valence-corrected chi connectivity index (χ1v) is 3.67. The minimum Gasteiger partial charge on any atom is -1.00 e. The van der Waals surface area contributed by atoms with Gasteiger partial charge in [0.1, 0.15) is 0 Å². The van der Waals surface area contributed by atoms with Gasteiger partial charge in [0.2, 0.25) is 0 Å². The van der Waals surface area contributed by atoms with Gasteiger partial charge in [-0.2, -0.15) is 5.92 Å². The molecule has 2 atom stereocenters. The van der Waals surface area contributed by atoms with Crippen LogP contribution in [0.3, 0.4) is 0 Å². The summed E-state index contributed by atoms with van der Waals surface area (Å²) in [6, 6.07) is 0. The van der Waals surface area contributed by atoms with Crippen molar-refractivity contribution in [2.75, 3.05) is 6.61 Å². The number of halogens is 2. The molecule has 0 saturated heterocycles. The van der Waals surface area contributed by atoms with Crippen LogP contribution in [0.1, 0.15) is 26.7 Å². The van der Waals surface area contributed by atoms with Crippen LogP contribution < -0.4 is 39.1 Å². The van der Waals surface area contributed by atoms with Crippen molar-refractivity contribution in [1.29, 1.82) is 0 Å². The van der Waals surface area contributed by atoms with E-state index in [2.05, 4.69) is 20.8 Å². The van der Waals surface area contributed by atoms with Crippen molar-refractivity contribution in [3.05, 3.63) is 6.92 Å². The summed E-state index contributed by atoms with van der Waals surface area (Å²) in [6.45, 7) is 8.07. The van der Waals surface area contributed by atoms with Crippen LogP contribution in [-0.4, -0.2) is 52.7 Å². The van der Waals surface area contributed by atoms with Crippen LogP contribution in [0.5, 0.6) is 0 Å². The van der Waals surface area contributed by atoms with Crippen LogP contribution in [0.25, 0.3) is 0 Å². The van der Waals surface area contributed by atoms with Crippen LogP contribution in [-0.2, 0) is 0 Å². The van der Waals surface area contributed by atoms with Crippen molar-refractivity contribution in [1.82, 2.24) is 0 Å². The summed E-state index contributed by atoms with van der Waals surface area (Å²) < 4.78 is 0. The van der Waals surface area contributed by atoms with Crippen LogP contribution in [0.15, 0.2) is 0 Å². The Morgan fingerprint density at radius 2 is 1.46 bits per heavy atom. The normalized spacial score (nSPS) is 12.0. The molecule has 0 fully saturated rings. The monoisotopic (exact) mass is 334 g/mol. The van der Waals surface area contributed by atoms with Gasteiger partial charge < -0.3 is 46.0 Å². The maximum Gasteiger partial charge on any atom is 2.00 e. The molecule has 5 heteroatoms. The quantitative estimate of drug-likeness (QED) is 0.371. The van der Waals surface area contributed by atoms with Gasteiger partial charge in [0.15, 0.2) is 0 Å². The van der Waals surface area contributed by atoms with Gasteiger partial charge in [-0.3, -0.25) is 0 Å². The first-order valence-electron chi connectivity index (χ1n) is 3.67. The van der Waals surface area contributed by atoms with E-state index >= 15 is 0 Å². The third kappa shape index (κ3) is 14.5. The first kappa shape index (κ1) is 29.5. The van der Waals surface area contributed by atoms with Crippen molar-refractivity contribution < 1.29 is 39.1 Å². The summed E-state index contributed by atoms with van der Waals surface area (Å²) in [7, 11) is 0. The number of hydrogen-bond donors (Lipinski definition) is 0. The first-order chi connectivity index (χ1) is 4.26. The number of rotatable bonds is 4. The molecule has 0 aromatic carbocycles. The van der Waals surface area contributed by atoms with Gasteiger partial charge >= 0.3 is 46.1 Å². The molecule has 0 aliphatic carbocycles. The third-order valence-electron chi connectivity index (χ3n) is 1.93. The molecular formula is C8H16Br2Mg2O. The van der Waals surface area contributed by atoms with Gasteiger partial charge in [0, 0.05) is 0 Å². The van der Waals surface area contributed by atoms with E-state index in [4.69, 9.17) is 0 Å².